The topological polar surface area (TPSA) is 93.8 Å². The van der Waals surface area contributed by atoms with Gasteiger partial charge < -0.3 is 5.32 Å². The van der Waals surface area contributed by atoms with E-state index in [0.29, 0.717) is 24.0 Å². The predicted molar refractivity (Wildman–Crippen MR) is 98.7 cm³/mol. The molecule has 6 heteroatoms. The van der Waals surface area contributed by atoms with E-state index in [2.05, 4.69) is 30.1 Å². The molecule has 1 atom stereocenters. The zero-order valence-electron chi connectivity index (χ0n) is 14.3. The summed E-state index contributed by atoms with van der Waals surface area (Å²) < 4.78 is 0. The van der Waals surface area contributed by atoms with Crippen molar-refractivity contribution in [3.05, 3.63) is 46.5 Å². The highest BCUT2D eigenvalue weighted by molar-refractivity contribution is 7.84. The number of allylic oxidation sites excluding steroid dienone is 1. The van der Waals surface area contributed by atoms with Crippen LogP contribution in [-0.2, 0) is 4.79 Å². The Morgan fingerprint density at radius 1 is 1.15 bits per heavy atom. The summed E-state index contributed by atoms with van der Waals surface area (Å²) in [6, 6.07) is 13.0. The first-order chi connectivity index (χ1) is 12.5. The van der Waals surface area contributed by atoms with Gasteiger partial charge in [-0.05, 0) is 12.8 Å². The molecule has 1 heterocycles. The van der Waals surface area contributed by atoms with Crippen LogP contribution in [0.4, 0.5) is 0 Å². The van der Waals surface area contributed by atoms with E-state index in [1.165, 1.54) is 0 Å². The Labute approximate surface area is 158 Å². The van der Waals surface area contributed by atoms with Gasteiger partial charge in [-0.15, -0.1) is 12.6 Å². The van der Waals surface area contributed by atoms with E-state index in [9.17, 15) is 20.1 Å². The van der Waals surface area contributed by atoms with Crippen LogP contribution in [-0.4, -0.2) is 11.7 Å². The SMILES string of the molecule is N#CC1=C(S)NC(=O)C(C#N)(CC(=O)c2ccccc2)C12CCCCC2. The van der Waals surface area contributed by atoms with Crippen LogP contribution in [0.2, 0.25) is 0 Å². The molecule has 0 aromatic heterocycles. The van der Waals surface area contributed by atoms with Gasteiger partial charge in [0.05, 0.1) is 22.7 Å². The summed E-state index contributed by atoms with van der Waals surface area (Å²) in [5.41, 5.74) is -1.78. The quantitative estimate of drug-likeness (QED) is 0.633. The minimum absolute atomic E-state index is 0.206. The lowest BCUT2D eigenvalue weighted by Gasteiger charge is -2.50. The van der Waals surface area contributed by atoms with E-state index < -0.39 is 16.7 Å². The zero-order valence-corrected chi connectivity index (χ0v) is 15.2. The number of carbonyl (C=O) groups excluding carboxylic acids is 2. The number of hydrogen-bond donors (Lipinski definition) is 2. The van der Waals surface area contributed by atoms with Crippen molar-refractivity contribution in [2.45, 2.75) is 38.5 Å². The lowest BCUT2D eigenvalue weighted by atomic mass is 9.51. The van der Waals surface area contributed by atoms with Crippen LogP contribution < -0.4 is 5.32 Å². The van der Waals surface area contributed by atoms with Gasteiger partial charge in [0.15, 0.2) is 11.2 Å². The van der Waals surface area contributed by atoms with Crippen molar-refractivity contribution in [2.75, 3.05) is 0 Å². The number of nitrogens with zero attached hydrogens (tertiary/aromatic N) is 2. The van der Waals surface area contributed by atoms with Crippen LogP contribution >= 0.6 is 12.6 Å². The number of nitriles is 2. The van der Waals surface area contributed by atoms with E-state index in [-0.39, 0.29) is 17.2 Å². The molecule has 1 aliphatic carbocycles. The largest absolute Gasteiger partial charge is 0.319 e. The van der Waals surface area contributed by atoms with Crippen LogP contribution in [0.1, 0.15) is 48.9 Å². The number of nitrogens with one attached hydrogen (secondary N) is 1. The molecule has 3 rings (SSSR count). The number of carbonyl (C=O) groups is 2. The summed E-state index contributed by atoms with van der Waals surface area (Å²) >= 11 is 4.29. The summed E-state index contributed by atoms with van der Waals surface area (Å²) in [6.07, 6.45) is 3.42. The zero-order chi connectivity index (χ0) is 18.8. The Morgan fingerprint density at radius 3 is 2.38 bits per heavy atom. The molecule has 5 nitrogen and oxygen atoms in total. The average Bonchev–Trinajstić information content (AvgIpc) is 2.67. The highest BCUT2D eigenvalue weighted by Crippen LogP contribution is 2.59. The summed E-state index contributed by atoms with van der Waals surface area (Å²) in [5, 5.41) is 22.6. The lowest BCUT2D eigenvalue weighted by molar-refractivity contribution is -0.135. The normalized spacial score (nSPS) is 24.5. The van der Waals surface area contributed by atoms with Crippen molar-refractivity contribution in [3.63, 3.8) is 0 Å². The Kier molecular flexibility index (Phi) is 4.89. The van der Waals surface area contributed by atoms with Gasteiger partial charge in [-0.3, -0.25) is 9.59 Å². The number of Topliss-reactive ketones (excluding diaryl/α,β-unsaturated/α-hetero) is 1. The van der Waals surface area contributed by atoms with Gasteiger partial charge in [0, 0.05) is 17.4 Å². The molecular weight excluding hydrogens is 346 g/mol. The van der Waals surface area contributed by atoms with E-state index in [4.69, 9.17) is 0 Å². The number of rotatable bonds is 3. The monoisotopic (exact) mass is 365 g/mol. The van der Waals surface area contributed by atoms with Crippen molar-refractivity contribution in [1.82, 2.24) is 5.32 Å². The smallest absolute Gasteiger partial charge is 0.246 e. The lowest BCUT2D eigenvalue weighted by Crippen LogP contribution is -2.57. The Morgan fingerprint density at radius 2 is 1.81 bits per heavy atom. The molecule has 1 amide bonds. The molecular formula is C20H19N3O2S. The molecule has 1 unspecified atom stereocenters. The second-order valence-corrected chi connectivity index (χ2v) is 7.36. The maximum atomic E-state index is 13.0. The highest BCUT2D eigenvalue weighted by atomic mass is 32.1. The van der Waals surface area contributed by atoms with Crippen LogP contribution in [0.25, 0.3) is 0 Å². The van der Waals surface area contributed by atoms with Crippen molar-refractivity contribution in [3.8, 4) is 12.1 Å². The van der Waals surface area contributed by atoms with Crippen LogP contribution in [0, 0.1) is 33.5 Å². The van der Waals surface area contributed by atoms with Gasteiger partial charge in [0.25, 0.3) is 0 Å². The number of benzene rings is 1. The van der Waals surface area contributed by atoms with Gasteiger partial charge >= 0.3 is 0 Å². The predicted octanol–water partition coefficient (Wildman–Crippen LogP) is 3.51. The third-order valence-electron chi connectivity index (χ3n) is 5.68. The molecule has 1 fully saturated rings. The van der Waals surface area contributed by atoms with Crippen molar-refractivity contribution < 1.29 is 9.59 Å². The molecule has 1 aliphatic heterocycles. The van der Waals surface area contributed by atoms with Crippen LogP contribution in [0.3, 0.4) is 0 Å². The second kappa shape index (κ2) is 6.97. The minimum Gasteiger partial charge on any atom is -0.319 e. The first kappa shape index (κ1) is 18.2. The first-order valence-electron chi connectivity index (χ1n) is 8.65. The van der Waals surface area contributed by atoms with E-state index in [1.807, 2.05) is 0 Å². The van der Waals surface area contributed by atoms with Crippen molar-refractivity contribution >= 4 is 24.3 Å². The fourth-order valence-corrected chi connectivity index (χ4v) is 4.71. The third-order valence-corrected chi connectivity index (χ3v) is 6.02. The molecule has 0 bridgehead atoms. The molecule has 0 radical (unpaired) electrons. The first-order valence-corrected chi connectivity index (χ1v) is 9.10. The molecule has 1 aromatic rings. The van der Waals surface area contributed by atoms with Crippen molar-refractivity contribution in [2.24, 2.45) is 10.8 Å². The fraction of sp³-hybridized carbons (Fsp3) is 0.400. The van der Waals surface area contributed by atoms with Gasteiger partial charge in [-0.1, -0.05) is 49.6 Å². The molecule has 26 heavy (non-hydrogen) atoms. The van der Waals surface area contributed by atoms with E-state index in [1.54, 1.807) is 30.3 Å². The maximum absolute atomic E-state index is 13.0. The molecule has 1 aromatic carbocycles. The molecule has 1 spiro atoms. The van der Waals surface area contributed by atoms with Crippen molar-refractivity contribution in [1.29, 1.82) is 10.5 Å². The summed E-state index contributed by atoms with van der Waals surface area (Å²) in [6.45, 7) is 0. The molecule has 1 saturated carbocycles. The number of thiol groups is 1. The summed E-state index contributed by atoms with van der Waals surface area (Å²) in [5.74, 6) is -0.803. The number of amides is 1. The maximum Gasteiger partial charge on any atom is 0.246 e. The molecule has 132 valence electrons. The molecule has 0 saturated heterocycles. The summed E-state index contributed by atoms with van der Waals surface area (Å²) in [4.78, 5) is 25.9. The molecule has 1 N–H and O–H groups in total. The fourth-order valence-electron chi connectivity index (χ4n) is 4.34. The van der Waals surface area contributed by atoms with Crippen LogP contribution in [0.5, 0.6) is 0 Å². The Balaban J connectivity index is 2.13. The Bertz CT molecular complexity index is 857. The Hall–Kier alpha value is -2.57. The van der Waals surface area contributed by atoms with Crippen LogP contribution in [0.15, 0.2) is 40.9 Å². The van der Waals surface area contributed by atoms with Gasteiger partial charge in [-0.2, -0.15) is 10.5 Å². The number of ketones is 1. The standard InChI is InChI=1S/C20H19N3O2S/c21-12-15-17(26)23-18(25)20(13-22,19(15)9-5-2-6-10-19)11-16(24)14-7-3-1-4-8-14/h1,3-4,7-8,26H,2,5-6,9-11H2,(H,23,25). The second-order valence-electron chi connectivity index (χ2n) is 6.92. The third kappa shape index (κ3) is 2.62. The summed E-state index contributed by atoms with van der Waals surface area (Å²) in [7, 11) is 0. The minimum atomic E-state index is -1.60. The van der Waals surface area contributed by atoms with E-state index in [0.717, 1.165) is 19.3 Å². The highest BCUT2D eigenvalue weighted by Gasteiger charge is 2.62. The average molecular weight is 365 g/mol. The number of hydrogen-bond acceptors (Lipinski definition) is 5. The van der Waals surface area contributed by atoms with Gasteiger partial charge in [0.1, 0.15) is 0 Å². The van der Waals surface area contributed by atoms with Gasteiger partial charge in [0.2, 0.25) is 5.91 Å². The van der Waals surface area contributed by atoms with E-state index >= 15 is 0 Å². The van der Waals surface area contributed by atoms with Gasteiger partial charge in [-0.25, -0.2) is 0 Å². The molecule has 2 aliphatic rings.